The van der Waals surface area contributed by atoms with Crippen LogP contribution in [0.3, 0.4) is 0 Å². The van der Waals surface area contributed by atoms with Gasteiger partial charge in [-0.05, 0) is 37.6 Å². The standard InChI is InChI=1S/C21H19NO6/c1-12-15-5-3-4-6-16(15)28-20(12)21(24)25-10-19(23)22-13(2)14-7-8-17-18(9-14)27-11-26-17/h3-9,13H,10-11H2,1-2H3,(H,22,23). The zero-order valence-electron chi connectivity index (χ0n) is 15.5. The molecular weight excluding hydrogens is 362 g/mol. The van der Waals surface area contributed by atoms with E-state index in [1.165, 1.54) is 0 Å². The van der Waals surface area contributed by atoms with E-state index in [0.29, 0.717) is 22.6 Å². The van der Waals surface area contributed by atoms with E-state index in [1.807, 2.05) is 37.3 Å². The fourth-order valence-corrected chi connectivity index (χ4v) is 3.11. The van der Waals surface area contributed by atoms with E-state index in [2.05, 4.69) is 5.32 Å². The van der Waals surface area contributed by atoms with Crippen LogP contribution in [-0.2, 0) is 9.53 Å². The Balaban J connectivity index is 1.36. The number of hydrogen-bond donors (Lipinski definition) is 1. The first-order valence-electron chi connectivity index (χ1n) is 8.87. The van der Waals surface area contributed by atoms with Crippen molar-refractivity contribution in [3.05, 3.63) is 59.4 Å². The molecule has 1 aliphatic rings. The van der Waals surface area contributed by atoms with Crippen molar-refractivity contribution in [1.29, 1.82) is 0 Å². The number of fused-ring (bicyclic) bond motifs is 2. The lowest BCUT2D eigenvalue weighted by Gasteiger charge is -2.14. The average molecular weight is 381 g/mol. The first-order chi connectivity index (χ1) is 13.5. The van der Waals surface area contributed by atoms with Gasteiger partial charge in [0, 0.05) is 10.9 Å². The summed E-state index contributed by atoms with van der Waals surface area (Å²) in [6, 6.07) is 12.5. The maximum atomic E-state index is 12.3. The summed E-state index contributed by atoms with van der Waals surface area (Å²) in [6.45, 7) is 3.41. The fourth-order valence-electron chi connectivity index (χ4n) is 3.11. The molecule has 0 aliphatic carbocycles. The molecule has 0 radical (unpaired) electrons. The van der Waals surface area contributed by atoms with Gasteiger partial charge < -0.3 is 23.9 Å². The summed E-state index contributed by atoms with van der Waals surface area (Å²) in [5, 5.41) is 3.64. The second-order valence-electron chi connectivity index (χ2n) is 6.53. The average Bonchev–Trinajstić information content (AvgIpc) is 3.30. The zero-order chi connectivity index (χ0) is 19.7. The van der Waals surface area contributed by atoms with Gasteiger partial charge in [-0.3, -0.25) is 4.79 Å². The van der Waals surface area contributed by atoms with E-state index in [0.717, 1.165) is 10.9 Å². The number of rotatable bonds is 5. The highest BCUT2D eigenvalue weighted by Crippen LogP contribution is 2.34. The normalized spacial score (nSPS) is 13.4. The third-order valence-electron chi connectivity index (χ3n) is 4.64. The Morgan fingerprint density at radius 1 is 1.14 bits per heavy atom. The predicted molar refractivity (Wildman–Crippen MR) is 100 cm³/mol. The Hall–Kier alpha value is -3.48. The Morgan fingerprint density at radius 3 is 2.75 bits per heavy atom. The molecule has 28 heavy (non-hydrogen) atoms. The van der Waals surface area contributed by atoms with Gasteiger partial charge in [0.15, 0.2) is 18.1 Å². The Morgan fingerprint density at radius 2 is 1.93 bits per heavy atom. The van der Waals surface area contributed by atoms with Crippen LogP contribution < -0.4 is 14.8 Å². The topological polar surface area (TPSA) is 87.0 Å². The molecule has 0 fully saturated rings. The Kier molecular flexibility index (Phi) is 4.65. The SMILES string of the molecule is Cc1c(C(=O)OCC(=O)NC(C)c2ccc3c(c2)OCO3)oc2ccccc12. The van der Waals surface area contributed by atoms with Gasteiger partial charge in [-0.1, -0.05) is 24.3 Å². The maximum absolute atomic E-state index is 12.3. The molecule has 0 bridgehead atoms. The van der Waals surface area contributed by atoms with E-state index in [1.54, 1.807) is 19.1 Å². The van der Waals surface area contributed by atoms with Crippen molar-refractivity contribution in [2.24, 2.45) is 0 Å². The largest absolute Gasteiger partial charge is 0.454 e. The highest BCUT2D eigenvalue weighted by atomic mass is 16.7. The minimum Gasteiger partial charge on any atom is -0.454 e. The molecule has 0 spiro atoms. The van der Waals surface area contributed by atoms with Gasteiger partial charge in [0.2, 0.25) is 12.6 Å². The molecule has 0 saturated carbocycles. The number of nitrogens with one attached hydrogen (secondary N) is 1. The van der Waals surface area contributed by atoms with Crippen molar-refractivity contribution in [2.45, 2.75) is 19.9 Å². The van der Waals surface area contributed by atoms with Crippen LogP contribution in [0, 0.1) is 6.92 Å². The fraction of sp³-hybridized carbons (Fsp3) is 0.238. The second kappa shape index (κ2) is 7.26. The molecule has 144 valence electrons. The number of amides is 1. The van der Waals surface area contributed by atoms with Gasteiger partial charge >= 0.3 is 5.97 Å². The lowest BCUT2D eigenvalue weighted by molar-refractivity contribution is -0.124. The quantitative estimate of drug-likeness (QED) is 0.681. The molecule has 7 nitrogen and oxygen atoms in total. The molecule has 1 N–H and O–H groups in total. The number of para-hydroxylation sites is 1. The van der Waals surface area contributed by atoms with Crippen molar-refractivity contribution < 1.29 is 28.2 Å². The molecule has 0 saturated heterocycles. The van der Waals surface area contributed by atoms with Crippen LogP contribution in [0.25, 0.3) is 11.0 Å². The molecular formula is C21H19NO6. The van der Waals surface area contributed by atoms with E-state index in [9.17, 15) is 9.59 Å². The van der Waals surface area contributed by atoms with Crippen molar-refractivity contribution in [2.75, 3.05) is 13.4 Å². The molecule has 1 aliphatic heterocycles. The Labute approximate surface area is 161 Å². The molecule has 4 rings (SSSR count). The van der Waals surface area contributed by atoms with Crippen LogP contribution >= 0.6 is 0 Å². The van der Waals surface area contributed by atoms with E-state index < -0.39 is 18.5 Å². The van der Waals surface area contributed by atoms with Gasteiger partial charge in [-0.15, -0.1) is 0 Å². The number of aryl methyl sites for hydroxylation is 1. The van der Waals surface area contributed by atoms with Crippen LogP contribution in [-0.4, -0.2) is 25.3 Å². The molecule has 1 amide bonds. The van der Waals surface area contributed by atoms with Crippen LogP contribution in [0.1, 0.15) is 34.6 Å². The summed E-state index contributed by atoms with van der Waals surface area (Å²) in [7, 11) is 0. The smallest absolute Gasteiger partial charge is 0.375 e. The second-order valence-corrected chi connectivity index (χ2v) is 6.53. The minimum absolute atomic E-state index is 0.109. The maximum Gasteiger partial charge on any atom is 0.375 e. The summed E-state index contributed by atoms with van der Waals surface area (Å²) in [6.07, 6.45) is 0. The van der Waals surface area contributed by atoms with E-state index in [-0.39, 0.29) is 18.6 Å². The van der Waals surface area contributed by atoms with E-state index >= 15 is 0 Å². The summed E-state index contributed by atoms with van der Waals surface area (Å²) < 4.78 is 21.3. The minimum atomic E-state index is -0.667. The van der Waals surface area contributed by atoms with Crippen molar-refractivity contribution in [3.8, 4) is 11.5 Å². The Bertz CT molecular complexity index is 1050. The zero-order valence-corrected chi connectivity index (χ0v) is 15.5. The highest BCUT2D eigenvalue weighted by Gasteiger charge is 2.21. The van der Waals surface area contributed by atoms with Crippen molar-refractivity contribution >= 4 is 22.8 Å². The number of benzene rings is 2. The summed E-state index contributed by atoms with van der Waals surface area (Å²) in [5.74, 6) is 0.354. The van der Waals surface area contributed by atoms with E-state index in [4.69, 9.17) is 18.6 Å². The monoisotopic (exact) mass is 381 g/mol. The molecule has 3 aromatic rings. The van der Waals surface area contributed by atoms with Gasteiger partial charge in [-0.2, -0.15) is 0 Å². The molecule has 1 aromatic heterocycles. The van der Waals surface area contributed by atoms with Crippen molar-refractivity contribution in [1.82, 2.24) is 5.32 Å². The predicted octanol–water partition coefficient (Wildman–Crippen LogP) is 3.50. The van der Waals surface area contributed by atoms with Crippen LogP contribution in [0.5, 0.6) is 11.5 Å². The first-order valence-corrected chi connectivity index (χ1v) is 8.87. The van der Waals surface area contributed by atoms with Gasteiger partial charge in [-0.25, -0.2) is 4.79 Å². The number of ether oxygens (including phenoxy) is 3. The number of furan rings is 1. The van der Waals surface area contributed by atoms with Gasteiger partial charge in [0.25, 0.3) is 5.91 Å². The molecule has 2 aromatic carbocycles. The third kappa shape index (κ3) is 3.38. The lowest BCUT2D eigenvalue weighted by Crippen LogP contribution is -2.31. The van der Waals surface area contributed by atoms with Crippen LogP contribution in [0.15, 0.2) is 46.9 Å². The molecule has 1 unspecified atom stereocenters. The third-order valence-corrected chi connectivity index (χ3v) is 4.64. The van der Waals surface area contributed by atoms with Crippen LogP contribution in [0.2, 0.25) is 0 Å². The first kappa shape index (κ1) is 17.9. The number of carbonyl (C=O) groups is 2. The molecule has 1 atom stereocenters. The molecule has 2 heterocycles. The highest BCUT2D eigenvalue weighted by molar-refractivity contribution is 5.96. The van der Waals surface area contributed by atoms with Gasteiger partial charge in [0.05, 0.1) is 6.04 Å². The van der Waals surface area contributed by atoms with Crippen LogP contribution in [0.4, 0.5) is 0 Å². The summed E-state index contributed by atoms with van der Waals surface area (Å²) in [5.41, 5.74) is 2.15. The van der Waals surface area contributed by atoms with Gasteiger partial charge in [0.1, 0.15) is 5.58 Å². The number of carbonyl (C=O) groups excluding carboxylic acids is 2. The number of esters is 1. The summed E-state index contributed by atoms with van der Waals surface area (Å²) >= 11 is 0. The summed E-state index contributed by atoms with van der Waals surface area (Å²) in [4.78, 5) is 24.5. The lowest BCUT2D eigenvalue weighted by atomic mass is 10.1. The molecule has 7 heteroatoms. The van der Waals surface area contributed by atoms with Crippen molar-refractivity contribution in [3.63, 3.8) is 0 Å². The number of hydrogen-bond acceptors (Lipinski definition) is 6.